The summed E-state index contributed by atoms with van der Waals surface area (Å²) in [6.45, 7) is 2.36. The number of amides is 1. The van der Waals surface area contributed by atoms with Gasteiger partial charge in [0.05, 0.1) is 14.2 Å². The molecule has 2 N–H and O–H groups in total. The van der Waals surface area contributed by atoms with Crippen LogP contribution in [0.25, 0.3) is 0 Å². The average Bonchev–Trinajstić information content (AvgIpc) is 2.63. The molecule has 1 atom stereocenters. The SMILES string of the molecule is COc1ccccc1CCNC(=O)C[NH+](C)CCOc1ccc(Br)cc1. The lowest BCUT2D eigenvalue weighted by atomic mass is 10.1. The summed E-state index contributed by atoms with van der Waals surface area (Å²) in [5, 5.41) is 2.97. The number of ether oxygens (including phenoxy) is 2. The van der Waals surface area contributed by atoms with Crippen molar-refractivity contribution in [1.82, 2.24) is 5.32 Å². The van der Waals surface area contributed by atoms with Gasteiger partial charge in [0, 0.05) is 11.0 Å². The van der Waals surface area contributed by atoms with E-state index in [9.17, 15) is 4.79 Å². The molecule has 0 aliphatic rings. The van der Waals surface area contributed by atoms with Crippen LogP contribution in [0.1, 0.15) is 5.56 Å². The summed E-state index contributed by atoms with van der Waals surface area (Å²) in [4.78, 5) is 13.2. The van der Waals surface area contributed by atoms with Gasteiger partial charge in [-0.25, -0.2) is 0 Å². The van der Waals surface area contributed by atoms with Crippen LogP contribution in [-0.2, 0) is 11.2 Å². The largest absolute Gasteiger partial charge is 0.496 e. The summed E-state index contributed by atoms with van der Waals surface area (Å²) in [6, 6.07) is 15.6. The highest BCUT2D eigenvalue weighted by atomic mass is 79.9. The summed E-state index contributed by atoms with van der Waals surface area (Å²) in [5.41, 5.74) is 1.10. The quantitative estimate of drug-likeness (QED) is 0.613. The molecule has 0 aliphatic carbocycles. The normalized spacial score (nSPS) is 11.7. The second kappa shape index (κ2) is 10.8. The van der Waals surface area contributed by atoms with Gasteiger partial charge in [0.15, 0.2) is 6.54 Å². The van der Waals surface area contributed by atoms with Crippen molar-refractivity contribution in [3.63, 3.8) is 0 Å². The van der Waals surface area contributed by atoms with E-state index in [1.54, 1.807) is 7.11 Å². The van der Waals surface area contributed by atoms with Gasteiger partial charge in [0.1, 0.15) is 24.7 Å². The second-order valence-corrected chi connectivity index (χ2v) is 7.01. The smallest absolute Gasteiger partial charge is 0.275 e. The first-order valence-corrected chi connectivity index (χ1v) is 9.46. The molecule has 26 heavy (non-hydrogen) atoms. The van der Waals surface area contributed by atoms with E-state index in [1.807, 2.05) is 55.6 Å². The van der Waals surface area contributed by atoms with E-state index >= 15 is 0 Å². The number of quaternary nitrogens is 1. The van der Waals surface area contributed by atoms with Gasteiger partial charge in [-0.1, -0.05) is 34.1 Å². The molecule has 6 heteroatoms. The van der Waals surface area contributed by atoms with Gasteiger partial charge in [-0.05, 0) is 42.3 Å². The maximum atomic E-state index is 12.1. The van der Waals surface area contributed by atoms with E-state index < -0.39 is 0 Å². The Kier molecular flexibility index (Phi) is 8.44. The molecule has 0 aliphatic heterocycles. The van der Waals surface area contributed by atoms with E-state index in [2.05, 4.69) is 21.2 Å². The molecule has 0 saturated carbocycles. The average molecular weight is 422 g/mol. The number of halogens is 1. The van der Waals surface area contributed by atoms with Crippen molar-refractivity contribution >= 4 is 21.8 Å². The third-order valence-electron chi connectivity index (χ3n) is 3.98. The molecule has 0 fully saturated rings. The van der Waals surface area contributed by atoms with Crippen LogP contribution in [0.2, 0.25) is 0 Å². The molecule has 0 aromatic heterocycles. The number of benzene rings is 2. The van der Waals surface area contributed by atoms with Crippen molar-refractivity contribution in [2.24, 2.45) is 0 Å². The molecule has 2 aromatic rings. The van der Waals surface area contributed by atoms with Crippen LogP contribution in [0.15, 0.2) is 53.0 Å². The van der Waals surface area contributed by atoms with Gasteiger partial charge in [-0.15, -0.1) is 0 Å². The first kappa shape index (κ1) is 20.3. The van der Waals surface area contributed by atoms with E-state index in [-0.39, 0.29) is 5.91 Å². The zero-order chi connectivity index (χ0) is 18.8. The third kappa shape index (κ3) is 7.06. The van der Waals surface area contributed by atoms with Gasteiger partial charge < -0.3 is 19.7 Å². The van der Waals surface area contributed by atoms with E-state index in [4.69, 9.17) is 9.47 Å². The topological polar surface area (TPSA) is 52.0 Å². The molecule has 0 heterocycles. The summed E-state index contributed by atoms with van der Waals surface area (Å²) in [7, 11) is 3.65. The minimum absolute atomic E-state index is 0.0426. The van der Waals surface area contributed by atoms with E-state index in [0.717, 1.165) is 39.4 Å². The van der Waals surface area contributed by atoms with Gasteiger partial charge in [-0.3, -0.25) is 4.79 Å². The van der Waals surface area contributed by atoms with Gasteiger partial charge in [0.2, 0.25) is 0 Å². The third-order valence-corrected chi connectivity index (χ3v) is 4.51. The highest BCUT2D eigenvalue weighted by Crippen LogP contribution is 2.17. The monoisotopic (exact) mass is 421 g/mol. The first-order chi connectivity index (χ1) is 12.6. The highest BCUT2D eigenvalue weighted by Gasteiger charge is 2.10. The number of para-hydroxylation sites is 1. The van der Waals surface area contributed by atoms with Crippen LogP contribution >= 0.6 is 15.9 Å². The van der Waals surface area contributed by atoms with Crippen LogP contribution < -0.4 is 19.7 Å². The molecule has 0 radical (unpaired) electrons. The Hall–Kier alpha value is -2.05. The summed E-state index contributed by atoms with van der Waals surface area (Å²) < 4.78 is 12.0. The molecular formula is C20H26BrN2O3+. The standard InChI is InChI=1S/C20H25BrN2O3/c1-23(13-14-26-18-9-7-17(21)8-10-18)15-20(24)22-12-11-16-5-3-4-6-19(16)25-2/h3-10H,11-15H2,1-2H3,(H,22,24)/p+1. The molecule has 140 valence electrons. The lowest BCUT2D eigenvalue weighted by Gasteiger charge is -2.15. The minimum Gasteiger partial charge on any atom is -0.496 e. The van der Waals surface area contributed by atoms with Crippen LogP contribution in [-0.4, -0.2) is 46.3 Å². The first-order valence-electron chi connectivity index (χ1n) is 8.66. The Morgan fingerprint density at radius 3 is 2.62 bits per heavy atom. The Balaban J connectivity index is 1.63. The number of hydrogen-bond donors (Lipinski definition) is 2. The summed E-state index contributed by atoms with van der Waals surface area (Å²) >= 11 is 3.40. The van der Waals surface area contributed by atoms with Crippen molar-refractivity contribution < 1.29 is 19.2 Å². The zero-order valence-corrected chi connectivity index (χ0v) is 16.8. The summed E-state index contributed by atoms with van der Waals surface area (Å²) in [5.74, 6) is 1.73. The fourth-order valence-electron chi connectivity index (χ4n) is 2.55. The number of methoxy groups -OCH3 is 1. The highest BCUT2D eigenvalue weighted by molar-refractivity contribution is 9.10. The van der Waals surface area contributed by atoms with Crippen molar-refractivity contribution in [2.45, 2.75) is 6.42 Å². The number of hydrogen-bond acceptors (Lipinski definition) is 3. The molecule has 2 aromatic carbocycles. The molecule has 1 unspecified atom stereocenters. The zero-order valence-electron chi connectivity index (χ0n) is 15.3. The molecule has 1 amide bonds. The maximum absolute atomic E-state index is 12.1. The Morgan fingerprint density at radius 2 is 1.88 bits per heavy atom. The van der Waals surface area contributed by atoms with Crippen molar-refractivity contribution in [1.29, 1.82) is 0 Å². The van der Waals surface area contributed by atoms with Crippen molar-refractivity contribution in [3.8, 4) is 11.5 Å². The molecular weight excluding hydrogens is 396 g/mol. The molecule has 0 bridgehead atoms. The van der Waals surface area contributed by atoms with E-state index in [1.165, 1.54) is 0 Å². The molecule has 2 rings (SSSR count). The summed E-state index contributed by atoms with van der Waals surface area (Å²) in [6.07, 6.45) is 0.751. The van der Waals surface area contributed by atoms with Crippen LogP contribution in [0.5, 0.6) is 11.5 Å². The number of likely N-dealkylation sites (N-methyl/N-ethyl adjacent to an activating group) is 1. The second-order valence-electron chi connectivity index (χ2n) is 6.10. The van der Waals surface area contributed by atoms with Crippen molar-refractivity contribution in [2.75, 3.05) is 40.4 Å². The number of nitrogens with one attached hydrogen (secondary N) is 2. The number of carbonyl (C=O) groups excluding carboxylic acids is 1. The molecule has 5 nitrogen and oxygen atoms in total. The van der Waals surface area contributed by atoms with Gasteiger partial charge in [-0.2, -0.15) is 0 Å². The molecule has 0 saturated heterocycles. The fourth-order valence-corrected chi connectivity index (χ4v) is 2.81. The number of carbonyl (C=O) groups is 1. The fraction of sp³-hybridized carbons (Fsp3) is 0.350. The van der Waals surface area contributed by atoms with Crippen LogP contribution in [0.3, 0.4) is 0 Å². The lowest BCUT2D eigenvalue weighted by molar-refractivity contribution is -0.871. The number of rotatable bonds is 10. The molecule has 0 spiro atoms. The van der Waals surface area contributed by atoms with Crippen LogP contribution in [0, 0.1) is 0 Å². The maximum Gasteiger partial charge on any atom is 0.275 e. The minimum atomic E-state index is 0.0426. The van der Waals surface area contributed by atoms with Crippen molar-refractivity contribution in [3.05, 3.63) is 58.6 Å². The van der Waals surface area contributed by atoms with Gasteiger partial charge >= 0.3 is 0 Å². The Labute approximate surface area is 163 Å². The Bertz CT molecular complexity index is 692. The Morgan fingerprint density at radius 1 is 1.15 bits per heavy atom. The van der Waals surface area contributed by atoms with Crippen LogP contribution in [0.4, 0.5) is 0 Å². The predicted molar refractivity (Wildman–Crippen MR) is 106 cm³/mol. The van der Waals surface area contributed by atoms with E-state index in [0.29, 0.717) is 19.7 Å². The predicted octanol–water partition coefficient (Wildman–Crippen LogP) is 1.71. The lowest BCUT2D eigenvalue weighted by Crippen LogP contribution is -3.10. The van der Waals surface area contributed by atoms with Gasteiger partial charge in [0.25, 0.3) is 5.91 Å².